The Morgan fingerprint density at radius 3 is 3.25 bits per heavy atom. The summed E-state index contributed by atoms with van der Waals surface area (Å²) in [6, 6.07) is 2.53. The Labute approximate surface area is 75.6 Å². The highest BCUT2D eigenvalue weighted by atomic mass is 32.1. The van der Waals surface area contributed by atoms with Gasteiger partial charge in [0.1, 0.15) is 6.07 Å². The van der Waals surface area contributed by atoms with Gasteiger partial charge in [0.25, 0.3) is 0 Å². The van der Waals surface area contributed by atoms with Gasteiger partial charge in [-0.2, -0.15) is 5.26 Å². The first-order valence-electron chi connectivity index (χ1n) is 4.06. The van der Waals surface area contributed by atoms with Crippen molar-refractivity contribution in [2.45, 2.75) is 25.3 Å². The first kappa shape index (κ1) is 7.78. The topological polar surface area (TPSA) is 49.8 Å². The van der Waals surface area contributed by atoms with Crippen LogP contribution in [0.25, 0.3) is 0 Å². The molecule has 0 spiro atoms. The third kappa shape index (κ3) is 1.13. The smallest absolute Gasteiger partial charge is 0.100 e. The van der Waals surface area contributed by atoms with Gasteiger partial charge in [-0.25, -0.2) is 0 Å². The molecule has 0 aliphatic heterocycles. The van der Waals surface area contributed by atoms with Crippen molar-refractivity contribution in [2.75, 3.05) is 0 Å². The monoisotopic (exact) mass is 178 g/mol. The van der Waals surface area contributed by atoms with Gasteiger partial charge in [0.2, 0.25) is 0 Å². The second kappa shape index (κ2) is 2.89. The van der Waals surface area contributed by atoms with Crippen LogP contribution in [0.15, 0.2) is 5.38 Å². The summed E-state index contributed by atoms with van der Waals surface area (Å²) >= 11 is 1.68. The largest absolute Gasteiger partial charge is 0.327 e. The molecule has 1 aliphatic carbocycles. The van der Waals surface area contributed by atoms with Crippen molar-refractivity contribution >= 4 is 11.3 Å². The molecule has 2 N–H and O–H groups in total. The second-order valence-electron chi connectivity index (χ2n) is 3.17. The Morgan fingerprint density at radius 1 is 1.67 bits per heavy atom. The number of thiophene rings is 1. The lowest BCUT2D eigenvalue weighted by Gasteiger charge is -2.17. The van der Waals surface area contributed by atoms with Crippen LogP contribution < -0.4 is 5.73 Å². The zero-order chi connectivity index (χ0) is 8.55. The first-order chi connectivity index (χ1) is 5.81. The molecule has 1 atom stereocenters. The lowest BCUT2D eigenvalue weighted by molar-refractivity contribution is 0.583. The Bertz CT molecular complexity index is 335. The quantitative estimate of drug-likeness (QED) is 0.653. The van der Waals surface area contributed by atoms with Crippen LogP contribution in [0.5, 0.6) is 0 Å². The highest BCUT2D eigenvalue weighted by Crippen LogP contribution is 2.29. The number of hydrogen-bond donors (Lipinski definition) is 1. The zero-order valence-electron chi connectivity index (χ0n) is 6.71. The van der Waals surface area contributed by atoms with Crippen LogP contribution in [0, 0.1) is 11.3 Å². The van der Waals surface area contributed by atoms with Crippen LogP contribution in [0.4, 0.5) is 0 Å². The van der Waals surface area contributed by atoms with E-state index in [2.05, 4.69) is 6.07 Å². The normalized spacial score (nSPS) is 21.5. The van der Waals surface area contributed by atoms with Gasteiger partial charge in [0.05, 0.1) is 5.56 Å². The summed E-state index contributed by atoms with van der Waals surface area (Å²) < 4.78 is 0. The highest BCUT2D eigenvalue weighted by Gasteiger charge is 2.19. The van der Waals surface area contributed by atoms with Crippen molar-refractivity contribution in [3.05, 3.63) is 21.4 Å². The molecular weight excluding hydrogens is 168 g/mol. The van der Waals surface area contributed by atoms with Gasteiger partial charge in [-0.15, -0.1) is 11.3 Å². The average molecular weight is 178 g/mol. The maximum atomic E-state index is 8.77. The fourth-order valence-electron chi connectivity index (χ4n) is 1.63. The van der Waals surface area contributed by atoms with Gasteiger partial charge < -0.3 is 5.73 Å². The Kier molecular flexibility index (Phi) is 1.87. The molecule has 0 radical (unpaired) electrons. The summed E-state index contributed by atoms with van der Waals surface area (Å²) in [7, 11) is 0. The summed E-state index contributed by atoms with van der Waals surface area (Å²) in [4.78, 5) is 1.32. The predicted octanol–water partition coefficient (Wildman–Crippen LogP) is 1.44. The Balaban J connectivity index is 2.40. The van der Waals surface area contributed by atoms with E-state index in [1.54, 1.807) is 11.3 Å². The van der Waals surface area contributed by atoms with Crippen molar-refractivity contribution in [3.8, 4) is 6.07 Å². The molecule has 1 aromatic heterocycles. The molecule has 1 heterocycles. The molecule has 12 heavy (non-hydrogen) atoms. The number of nitrogens with two attached hydrogens (primary N) is 1. The molecule has 0 fully saturated rings. The summed E-state index contributed by atoms with van der Waals surface area (Å²) in [5, 5.41) is 10.7. The van der Waals surface area contributed by atoms with E-state index in [9.17, 15) is 0 Å². The minimum atomic E-state index is 0.308. The first-order valence-corrected chi connectivity index (χ1v) is 4.94. The standard InChI is InChI=1S/C9H10N2S/c10-4-6-5-12-9-3-7(11)1-2-8(6)9/h5,7H,1-3,11H2. The number of rotatable bonds is 0. The molecule has 2 rings (SSSR count). The van der Waals surface area contributed by atoms with Crippen LogP contribution in [0.2, 0.25) is 0 Å². The minimum Gasteiger partial charge on any atom is -0.327 e. The molecule has 0 bridgehead atoms. The molecule has 0 amide bonds. The van der Waals surface area contributed by atoms with Crippen molar-refractivity contribution in [1.82, 2.24) is 0 Å². The summed E-state index contributed by atoms with van der Waals surface area (Å²) in [5.74, 6) is 0. The fourth-order valence-corrected chi connectivity index (χ4v) is 2.75. The molecule has 1 aromatic rings. The van der Waals surface area contributed by atoms with Crippen LogP contribution in [-0.2, 0) is 12.8 Å². The van der Waals surface area contributed by atoms with Crippen molar-refractivity contribution in [3.63, 3.8) is 0 Å². The molecule has 0 saturated heterocycles. The molecular formula is C9H10N2S. The maximum absolute atomic E-state index is 8.77. The van der Waals surface area contributed by atoms with Gasteiger partial charge in [-0.3, -0.25) is 0 Å². The van der Waals surface area contributed by atoms with Crippen LogP contribution in [0.1, 0.15) is 22.4 Å². The highest BCUT2D eigenvalue weighted by molar-refractivity contribution is 7.10. The lowest BCUT2D eigenvalue weighted by Crippen LogP contribution is -2.26. The summed E-state index contributed by atoms with van der Waals surface area (Å²) in [5.41, 5.74) is 7.94. The third-order valence-electron chi connectivity index (χ3n) is 2.31. The number of hydrogen-bond acceptors (Lipinski definition) is 3. The van der Waals surface area contributed by atoms with E-state index in [0.717, 1.165) is 24.8 Å². The number of nitriles is 1. The Morgan fingerprint density at radius 2 is 2.50 bits per heavy atom. The van der Waals surface area contributed by atoms with Gasteiger partial charge >= 0.3 is 0 Å². The molecule has 2 nitrogen and oxygen atoms in total. The molecule has 0 aromatic carbocycles. The fraction of sp³-hybridized carbons (Fsp3) is 0.444. The molecule has 1 aliphatic rings. The molecule has 1 unspecified atom stereocenters. The van der Waals surface area contributed by atoms with Crippen LogP contribution >= 0.6 is 11.3 Å². The average Bonchev–Trinajstić information content (AvgIpc) is 2.46. The molecule has 3 heteroatoms. The molecule has 62 valence electrons. The van der Waals surface area contributed by atoms with E-state index in [1.165, 1.54) is 10.4 Å². The van der Waals surface area contributed by atoms with E-state index in [0.29, 0.717) is 6.04 Å². The SMILES string of the molecule is N#Cc1csc2c1CCC(N)C2. The van der Waals surface area contributed by atoms with Gasteiger partial charge in [-0.05, 0) is 24.8 Å². The van der Waals surface area contributed by atoms with Crippen molar-refractivity contribution in [1.29, 1.82) is 5.26 Å². The summed E-state index contributed by atoms with van der Waals surface area (Å²) in [6.07, 6.45) is 2.98. The zero-order valence-corrected chi connectivity index (χ0v) is 7.53. The third-order valence-corrected chi connectivity index (χ3v) is 3.37. The van der Waals surface area contributed by atoms with Crippen molar-refractivity contribution < 1.29 is 0 Å². The van der Waals surface area contributed by atoms with E-state index in [4.69, 9.17) is 11.0 Å². The van der Waals surface area contributed by atoms with E-state index in [-0.39, 0.29) is 0 Å². The van der Waals surface area contributed by atoms with E-state index >= 15 is 0 Å². The summed E-state index contributed by atoms with van der Waals surface area (Å²) in [6.45, 7) is 0. The van der Waals surface area contributed by atoms with E-state index in [1.807, 2.05) is 5.38 Å². The molecule has 0 saturated carbocycles. The number of fused-ring (bicyclic) bond motifs is 1. The van der Waals surface area contributed by atoms with Gasteiger partial charge in [-0.1, -0.05) is 0 Å². The van der Waals surface area contributed by atoms with Gasteiger partial charge in [0.15, 0.2) is 0 Å². The maximum Gasteiger partial charge on any atom is 0.100 e. The van der Waals surface area contributed by atoms with Gasteiger partial charge in [0, 0.05) is 16.3 Å². The van der Waals surface area contributed by atoms with Crippen molar-refractivity contribution in [2.24, 2.45) is 5.73 Å². The Hall–Kier alpha value is -0.850. The predicted molar refractivity (Wildman–Crippen MR) is 49.0 cm³/mol. The van der Waals surface area contributed by atoms with Crippen LogP contribution in [0.3, 0.4) is 0 Å². The lowest BCUT2D eigenvalue weighted by atomic mass is 9.93. The van der Waals surface area contributed by atoms with Crippen LogP contribution in [-0.4, -0.2) is 6.04 Å². The second-order valence-corrected chi connectivity index (χ2v) is 4.13. The number of nitrogens with zero attached hydrogens (tertiary/aromatic N) is 1. The minimum absolute atomic E-state index is 0.308. The van der Waals surface area contributed by atoms with E-state index < -0.39 is 0 Å².